The van der Waals surface area contributed by atoms with Gasteiger partial charge in [-0.3, -0.25) is 9.59 Å². The van der Waals surface area contributed by atoms with Gasteiger partial charge in [-0.25, -0.2) is 10.2 Å². The van der Waals surface area contributed by atoms with Gasteiger partial charge in [-0.15, -0.1) is 0 Å². The predicted octanol–water partition coefficient (Wildman–Crippen LogP) is 6.39. The third kappa shape index (κ3) is 8.08. The Morgan fingerprint density at radius 3 is 2.33 bits per heavy atom. The molecule has 0 saturated carbocycles. The van der Waals surface area contributed by atoms with Crippen molar-refractivity contribution >= 4 is 51.7 Å². The molecule has 7 nitrogen and oxygen atoms in total. The van der Waals surface area contributed by atoms with Gasteiger partial charge in [0.2, 0.25) is 0 Å². The molecule has 2 N–H and O–H groups in total. The number of amides is 2. The topological polar surface area (TPSA) is 96.9 Å². The average Bonchev–Trinajstić information content (AvgIpc) is 2.94. The molecule has 0 heterocycles. The summed E-state index contributed by atoms with van der Waals surface area (Å²) in [5, 5.41) is 6.83. The van der Waals surface area contributed by atoms with Crippen molar-refractivity contribution in [2.45, 2.75) is 6.92 Å². The van der Waals surface area contributed by atoms with Crippen molar-refractivity contribution in [3.63, 3.8) is 0 Å². The summed E-state index contributed by atoms with van der Waals surface area (Å²) < 4.78 is 6.21. The number of nitrogens with one attached hydrogen (secondary N) is 2. The lowest BCUT2D eigenvalue weighted by atomic mass is 10.1. The van der Waals surface area contributed by atoms with Gasteiger partial charge in [0.05, 0.1) is 6.21 Å². The smallest absolute Gasteiger partial charge is 0.336 e. The molecule has 4 rings (SSSR count). The van der Waals surface area contributed by atoms with Crippen molar-refractivity contribution in [3.05, 3.63) is 135 Å². The van der Waals surface area contributed by atoms with Crippen LogP contribution in [0.5, 0.6) is 5.75 Å². The van der Waals surface area contributed by atoms with Crippen molar-refractivity contribution in [2.24, 2.45) is 5.10 Å². The molecule has 0 aromatic heterocycles. The zero-order chi connectivity index (χ0) is 27.6. The Labute approximate surface area is 234 Å². The van der Waals surface area contributed by atoms with Crippen LogP contribution in [0.3, 0.4) is 0 Å². The highest BCUT2D eigenvalue weighted by Crippen LogP contribution is 2.22. The van der Waals surface area contributed by atoms with Crippen molar-refractivity contribution in [2.75, 3.05) is 5.32 Å². The first kappa shape index (κ1) is 27.2. The second-order valence-corrected chi connectivity index (χ2v) is 9.37. The van der Waals surface area contributed by atoms with Gasteiger partial charge in [0.15, 0.2) is 0 Å². The summed E-state index contributed by atoms with van der Waals surface area (Å²) >= 11 is 3.39. The van der Waals surface area contributed by atoms with E-state index in [9.17, 15) is 14.4 Å². The second kappa shape index (κ2) is 13.1. The summed E-state index contributed by atoms with van der Waals surface area (Å²) in [6.07, 6.45) is 4.38. The van der Waals surface area contributed by atoms with Crippen LogP contribution in [0.4, 0.5) is 5.69 Å². The minimum Gasteiger partial charge on any atom is -0.423 e. The van der Waals surface area contributed by atoms with Gasteiger partial charge in [-0.05, 0) is 67.1 Å². The van der Waals surface area contributed by atoms with Crippen LogP contribution in [-0.4, -0.2) is 24.0 Å². The molecule has 0 aliphatic carbocycles. The van der Waals surface area contributed by atoms with Gasteiger partial charge in [0, 0.05) is 32.9 Å². The first-order chi connectivity index (χ1) is 18.9. The number of hydrogen-bond acceptors (Lipinski definition) is 5. The zero-order valence-corrected chi connectivity index (χ0v) is 22.5. The number of carbonyl (C=O) groups is 3. The number of ether oxygens (including phenoxy) is 1. The van der Waals surface area contributed by atoms with Crippen LogP contribution in [0.25, 0.3) is 6.08 Å². The summed E-state index contributed by atoms with van der Waals surface area (Å²) in [5.74, 6) is -1.02. The molecule has 4 aromatic rings. The Hall–Kier alpha value is -4.82. The van der Waals surface area contributed by atoms with Crippen LogP contribution < -0.4 is 15.5 Å². The summed E-state index contributed by atoms with van der Waals surface area (Å²) in [6, 6.07) is 28.2. The van der Waals surface area contributed by atoms with E-state index in [-0.39, 0.29) is 11.7 Å². The molecule has 4 aromatic carbocycles. The number of aryl methyl sites for hydroxylation is 1. The Morgan fingerprint density at radius 2 is 1.56 bits per heavy atom. The number of hydrazone groups is 1. The minimum atomic E-state index is -0.551. The Kier molecular flexibility index (Phi) is 9.16. The summed E-state index contributed by atoms with van der Waals surface area (Å²) in [6.45, 7) is 1.91. The highest BCUT2D eigenvalue weighted by Gasteiger charge is 2.10. The predicted molar refractivity (Wildman–Crippen MR) is 156 cm³/mol. The summed E-state index contributed by atoms with van der Waals surface area (Å²) in [7, 11) is 0. The monoisotopic (exact) mass is 581 g/mol. The van der Waals surface area contributed by atoms with Crippen LogP contribution in [0.15, 0.2) is 113 Å². The van der Waals surface area contributed by atoms with Crippen LogP contribution in [0, 0.1) is 6.92 Å². The lowest BCUT2D eigenvalue weighted by molar-refractivity contribution is -0.128. The zero-order valence-electron chi connectivity index (χ0n) is 20.9. The number of hydrogen-bond donors (Lipinski definition) is 2. The fourth-order valence-corrected chi connectivity index (χ4v) is 3.92. The Balaban J connectivity index is 1.40. The lowest BCUT2D eigenvalue weighted by Crippen LogP contribution is -2.18. The van der Waals surface area contributed by atoms with Crippen LogP contribution in [-0.2, 0) is 4.79 Å². The van der Waals surface area contributed by atoms with E-state index >= 15 is 0 Å². The van der Waals surface area contributed by atoms with Crippen molar-refractivity contribution < 1.29 is 19.1 Å². The third-order valence-corrected chi connectivity index (χ3v) is 5.92. The van der Waals surface area contributed by atoms with Gasteiger partial charge in [0.1, 0.15) is 5.75 Å². The lowest BCUT2D eigenvalue weighted by Gasteiger charge is -2.08. The van der Waals surface area contributed by atoms with Crippen molar-refractivity contribution in [1.29, 1.82) is 0 Å². The molecular formula is C31H24BrN3O4. The number of esters is 1. The maximum absolute atomic E-state index is 12.7. The molecule has 0 bridgehead atoms. The largest absolute Gasteiger partial charge is 0.423 e. The molecule has 39 heavy (non-hydrogen) atoms. The molecule has 2 amide bonds. The van der Waals surface area contributed by atoms with E-state index in [1.54, 1.807) is 60.7 Å². The maximum Gasteiger partial charge on any atom is 0.336 e. The fourth-order valence-electron chi connectivity index (χ4n) is 3.54. The number of rotatable bonds is 8. The summed E-state index contributed by atoms with van der Waals surface area (Å²) in [5.41, 5.74) is 6.09. The van der Waals surface area contributed by atoms with Crippen LogP contribution >= 0.6 is 15.9 Å². The summed E-state index contributed by atoms with van der Waals surface area (Å²) in [4.78, 5) is 37.6. The Morgan fingerprint density at radius 1 is 0.821 bits per heavy atom. The van der Waals surface area contributed by atoms with Crippen LogP contribution in [0.2, 0.25) is 0 Å². The first-order valence-corrected chi connectivity index (χ1v) is 12.7. The molecule has 0 atom stereocenters. The molecular weight excluding hydrogens is 558 g/mol. The molecule has 0 unspecified atom stereocenters. The molecule has 0 fully saturated rings. The Bertz CT molecular complexity index is 1570. The number of benzene rings is 4. The minimum absolute atomic E-state index is 0.273. The SMILES string of the molecule is Cc1cccc(C(=O)Nc2cccc(C(=O)NN=Cc3cc(Br)ccc3OC(=O)/C=C/c3ccccc3)c2)c1. The normalized spacial score (nSPS) is 10.9. The van der Waals surface area contributed by atoms with E-state index in [0.29, 0.717) is 22.4 Å². The van der Waals surface area contributed by atoms with Crippen molar-refractivity contribution in [3.8, 4) is 5.75 Å². The van der Waals surface area contributed by atoms with Gasteiger partial charge in [-0.1, -0.05) is 70.0 Å². The highest BCUT2D eigenvalue weighted by molar-refractivity contribution is 9.10. The first-order valence-electron chi connectivity index (χ1n) is 11.9. The van der Waals surface area contributed by atoms with Crippen molar-refractivity contribution in [1.82, 2.24) is 5.43 Å². The van der Waals surface area contributed by atoms with E-state index in [1.807, 2.05) is 49.4 Å². The average molecular weight is 582 g/mol. The highest BCUT2D eigenvalue weighted by atomic mass is 79.9. The van der Waals surface area contributed by atoms with Gasteiger partial charge in [0.25, 0.3) is 11.8 Å². The number of nitrogens with zero attached hydrogens (tertiary/aromatic N) is 1. The standard InChI is InChI=1S/C31H24BrN3O4/c1-21-7-5-10-23(17-21)30(37)34-27-12-6-11-24(19-27)31(38)35-33-20-25-18-26(32)14-15-28(25)39-29(36)16-13-22-8-3-2-4-9-22/h2-20H,1H3,(H,34,37)(H,35,38)/b16-13+,33-20?. The van der Waals surface area contributed by atoms with E-state index in [2.05, 4.69) is 31.8 Å². The van der Waals surface area contributed by atoms with E-state index in [1.165, 1.54) is 12.3 Å². The molecule has 0 aliphatic heterocycles. The molecule has 0 aliphatic rings. The van der Waals surface area contributed by atoms with E-state index in [0.717, 1.165) is 15.6 Å². The molecule has 0 radical (unpaired) electrons. The van der Waals surface area contributed by atoms with Gasteiger partial charge < -0.3 is 10.1 Å². The van der Waals surface area contributed by atoms with E-state index < -0.39 is 11.9 Å². The second-order valence-electron chi connectivity index (χ2n) is 8.45. The third-order valence-electron chi connectivity index (χ3n) is 5.43. The fraction of sp³-hybridized carbons (Fsp3) is 0.0323. The molecule has 0 saturated heterocycles. The van der Waals surface area contributed by atoms with Crippen LogP contribution in [0.1, 0.15) is 37.4 Å². The maximum atomic E-state index is 12.7. The quantitative estimate of drug-likeness (QED) is 0.0827. The van der Waals surface area contributed by atoms with Gasteiger partial charge >= 0.3 is 5.97 Å². The number of carbonyl (C=O) groups excluding carboxylic acids is 3. The van der Waals surface area contributed by atoms with E-state index in [4.69, 9.17) is 4.74 Å². The number of anilines is 1. The number of halogens is 1. The molecule has 8 heteroatoms. The molecule has 0 spiro atoms. The van der Waals surface area contributed by atoms with Gasteiger partial charge in [-0.2, -0.15) is 5.10 Å². The molecule has 194 valence electrons.